The molecule has 1 heterocycles. The maximum absolute atomic E-state index is 12.3. The van der Waals surface area contributed by atoms with Crippen LogP contribution in [0.2, 0.25) is 0 Å². The zero-order valence-corrected chi connectivity index (χ0v) is 6.37. The van der Waals surface area contributed by atoms with Crippen molar-refractivity contribution in [3.05, 3.63) is 23.5 Å². The van der Waals surface area contributed by atoms with Crippen LogP contribution in [-0.2, 0) is 6.42 Å². The van der Waals surface area contributed by atoms with Crippen LogP contribution < -0.4 is 0 Å². The molecule has 0 aromatic carbocycles. The predicted molar refractivity (Wildman–Crippen MR) is 31.7 cm³/mol. The minimum absolute atomic E-state index is 1.14. The average molecular weight is 216 g/mol. The molecule has 0 aliphatic carbocycles. The molecule has 1 rings (SSSR count). The van der Waals surface area contributed by atoms with Crippen LogP contribution >= 0.6 is 0 Å². The van der Waals surface area contributed by atoms with Gasteiger partial charge < -0.3 is 0 Å². The highest BCUT2D eigenvalue weighted by molar-refractivity contribution is 4.97. The minimum atomic E-state index is -4.70. The standard InChI is InChI=1S/C6H2F6N2/c7-3-4(8)13-2(14-5(3)9)1-6(10,11)12/h1H2. The molecule has 0 aliphatic rings. The lowest BCUT2D eigenvalue weighted by Gasteiger charge is -2.04. The van der Waals surface area contributed by atoms with Gasteiger partial charge in [-0.15, -0.1) is 0 Å². The van der Waals surface area contributed by atoms with E-state index in [1.807, 2.05) is 0 Å². The third kappa shape index (κ3) is 2.57. The van der Waals surface area contributed by atoms with Gasteiger partial charge in [-0.05, 0) is 0 Å². The Morgan fingerprint density at radius 3 is 1.71 bits per heavy atom. The molecule has 8 heteroatoms. The lowest BCUT2D eigenvalue weighted by Crippen LogP contribution is -2.16. The van der Waals surface area contributed by atoms with Gasteiger partial charge in [-0.3, -0.25) is 0 Å². The molecule has 0 aliphatic heterocycles. The van der Waals surface area contributed by atoms with Crippen molar-refractivity contribution in [2.75, 3.05) is 0 Å². The van der Waals surface area contributed by atoms with Gasteiger partial charge in [-0.2, -0.15) is 26.3 Å². The van der Waals surface area contributed by atoms with Gasteiger partial charge in [0.2, 0.25) is 5.82 Å². The second-order valence-electron chi connectivity index (χ2n) is 2.33. The van der Waals surface area contributed by atoms with Crippen molar-refractivity contribution >= 4 is 0 Å². The number of hydrogen-bond acceptors (Lipinski definition) is 2. The van der Waals surface area contributed by atoms with Crippen LogP contribution in [0.5, 0.6) is 0 Å². The SMILES string of the molecule is Fc1nc(CC(F)(F)F)nc(F)c1F. The van der Waals surface area contributed by atoms with Crippen LogP contribution in [0.3, 0.4) is 0 Å². The first-order chi connectivity index (χ1) is 6.29. The molecule has 0 saturated heterocycles. The summed E-state index contributed by atoms with van der Waals surface area (Å²) < 4.78 is 71.8. The minimum Gasteiger partial charge on any atom is -0.201 e. The molecule has 0 unspecified atom stereocenters. The maximum atomic E-state index is 12.3. The summed E-state index contributed by atoms with van der Waals surface area (Å²) in [6.07, 6.45) is -6.40. The summed E-state index contributed by atoms with van der Waals surface area (Å²) in [5.41, 5.74) is 0. The number of hydrogen-bond donors (Lipinski definition) is 0. The molecule has 1 aromatic rings. The summed E-state index contributed by atoms with van der Waals surface area (Å²) in [6.45, 7) is 0. The molecule has 0 saturated carbocycles. The highest BCUT2D eigenvalue weighted by Crippen LogP contribution is 2.19. The van der Waals surface area contributed by atoms with E-state index in [-0.39, 0.29) is 0 Å². The predicted octanol–water partition coefficient (Wildman–Crippen LogP) is 2.00. The Balaban J connectivity index is 3.02. The lowest BCUT2D eigenvalue weighted by atomic mass is 10.4. The van der Waals surface area contributed by atoms with E-state index in [1.165, 1.54) is 0 Å². The molecule has 78 valence electrons. The van der Waals surface area contributed by atoms with Crippen molar-refractivity contribution in [3.8, 4) is 0 Å². The second-order valence-corrected chi connectivity index (χ2v) is 2.33. The van der Waals surface area contributed by atoms with E-state index in [1.54, 1.807) is 0 Å². The van der Waals surface area contributed by atoms with E-state index in [9.17, 15) is 26.3 Å². The molecular weight excluding hydrogens is 214 g/mol. The van der Waals surface area contributed by atoms with Gasteiger partial charge in [0.15, 0.2) is 0 Å². The van der Waals surface area contributed by atoms with E-state index < -0.39 is 36.1 Å². The van der Waals surface area contributed by atoms with Crippen molar-refractivity contribution < 1.29 is 26.3 Å². The van der Waals surface area contributed by atoms with Gasteiger partial charge in [0.1, 0.15) is 12.2 Å². The summed E-state index contributed by atoms with van der Waals surface area (Å²) in [7, 11) is 0. The van der Waals surface area contributed by atoms with E-state index in [2.05, 4.69) is 9.97 Å². The van der Waals surface area contributed by atoms with Crippen LogP contribution in [0.1, 0.15) is 5.82 Å². The van der Waals surface area contributed by atoms with E-state index >= 15 is 0 Å². The van der Waals surface area contributed by atoms with Gasteiger partial charge in [0, 0.05) is 0 Å². The van der Waals surface area contributed by atoms with E-state index in [0.717, 1.165) is 0 Å². The summed E-state index contributed by atoms with van der Waals surface area (Å²) >= 11 is 0. The van der Waals surface area contributed by atoms with Gasteiger partial charge in [-0.25, -0.2) is 9.97 Å². The number of alkyl halides is 3. The van der Waals surface area contributed by atoms with Crippen LogP contribution in [0.25, 0.3) is 0 Å². The number of halogens is 6. The van der Waals surface area contributed by atoms with Gasteiger partial charge in [0.25, 0.3) is 11.9 Å². The summed E-state index contributed by atoms with van der Waals surface area (Å²) in [5, 5.41) is 0. The fraction of sp³-hybridized carbons (Fsp3) is 0.333. The Bertz CT molecular complexity index is 324. The van der Waals surface area contributed by atoms with Gasteiger partial charge >= 0.3 is 6.18 Å². The molecule has 0 amide bonds. The molecule has 0 N–H and O–H groups in total. The summed E-state index contributed by atoms with van der Waals surface area (Å²) in [6, 6.07) is 0. The Hall–Kier alpha value is -1.34. The largest absolute Gasteiger partial charge is 0.396 e. The smallest absolute Gasteiger partial charge is 0.201 e. The Morgan fingerprint density at radius 2 is 1.36 bits per heavy atom. The molecule has 0 fully saturated rings. The third-order valence-corrected chi connectivity index (χ3v) is 1.18. The molecular formula is C6H2F6N2. The van der Waals surface area contributed by atoms with Crippen molar-refractivity contribution in [1.82, 2.24) is 9.97 Å². The lowest BCUT2D eigenvalue weighted by molar-refractivity contribution is -0.128. The highest BCUT2D eigenvalue weighted by atomic mass is 19.4. The number of nitrogens with zero attached hydrogens (tertiary/aromatic N) is 2. The Morgan fingerprint density at radius 1 is 0.929 bits per heavy atom. The molecule has 14 heavy (non-hydrogen) atoms. The fourth-order valence-electron chi connectivity index (χ4n) is 0.693. The summed E-state index contributed by atoms with van der Waals surface area (Å²) in [5.74, 6) is -7.00. The monoisotopic (exact) mass is 216 g/mol. The van der Waals surface area contributed by atoms with Crippen molar-refractivity contribution in [2.24, 2.45) is 0 Å². The molecule has 2 nitrogen and oxygen atoms in total. The van der Waals surface area contributed by atoms with Crippen LogP contribution in [-0.4, -0.2) is 16.1 Å². The Labute approximate surface area is 73.6 Å². The first kappa shape index (κ1) is 10.7. The average Bonchev–Trinajstić information content (AvgIpc) is 1.96. The van der Waals surface area contributed by atoms with E-state index in [0.29, 0.717) is 0 Å². The van der Waals surface area contributed by atoms with Crippen LogP contribution in [0.4, 0.5) is 26.3 Å². The summed E-state index contributed by atoms with van der Waals surface area (Å²) in [4.78, 5) is 5.01. The fourth-order valence-corrected chi connectivity index (χ4v) is 0.693. The van der Waals surface area contributed by atoms with Crippen molar-refractivity contribution in [3.63, 3.8) is 0 Å². The maximum Gasteiger partial charge on any atom is 0.396 e. The first-order valence-corrected chi connectivity index (χ1v) is 3.24. The highest BCUT2D eigenvalue weighted by Gasteiger charge is 2.30. The van der Waals surface area contributed by atoms with Crippen molar-refractivity contribution in [1.29, 1.82) is 0 Å². The van der Waals surface area contributed by atoms with Gasteiger partial charge in [-0.1, -0.05) is 0 Å². The number of aromatic nitrogens is 2. The second kappa shape index (κ2) is 3.43. The van der Waals surface area contributed by atoms with Crippen LogP contribution in [0, 0.1) is 17.7 Å². The topological polar surface area (TPSA) is 25.8 Å². The zero-order valence-electron chi connectivity index (χ0n) is 6.37. The quantitative estimate of drug-likeness (QED) is 0.530. The molecule has 1 aromatic heterocycles. The van der Waals surface area contributed by atoms with Crippen LogP contribution in [0.15, 0.2) is 0 Å². The molecule has 0 atom stereocenters. The normalized spacial score (nSPS) is 11.9. The first-order valence-electron chi connectivity index (χ1n) is 3.24. The molecule has 0 spiro atoms. The Kier molecular flexibility index (Phi) is 2.63. The molecule has 0 bridgehead atoms. The van der Waals surface area contributed by atoms with Crippen molar-refractivity contribution in [2.45, 2.75) is 12.6 Å². The van der Waals surface area contributed by atoms with Gasteiger partial charge in [0.05, 0.1) is 0 Å². The third-order valence-electron chi connectivity index (χ3n) is 1.18. The zero-order chi connectivity index (χ0) is 10.9. The number of rotatable bonds is 1. The van der Waals surface area contributed by atoms with E-state index in [4.69, 9.17) is 0 Å². The molecule has 0 radical (unpaired) electrons.